The molecule has 0 atom stereocenters. The fourth-order valence-electron chi connectivity index (χ4n) is 2.82. The minimum absolute atomic E-state index is 0.240. The lowest BCUT2D eigenvalue weighted by Crippen LogP contribution is -2.49. The van der Waals surface area contributed by atoms with Gasteiger partial charge in [0.2, 0.25) is 10.0 Å². The Bertz CT molecular complexity index is 717. The number of piperazine rings is 1. The van der Waals surface area contributed by atoms with Gasteiger partial charge in [0.15, 0.2) is 0 Å². The molecule has 1 saturated heterocycles. The van der Waals surface area contributed by atoms with E-state index in [4.69, 9.17) is 0 Å². The van der Waals surface area contributed by atoms with Crippen molar-refractivity contribution in [1.29, 1.82) is 0 Å². The molecular weight excluding hydrogens is 288 g/mol. The Morgan fingerprint density at radius 1 is 1.24 bits per heavy atom. The second kappa shape index (κ2) is 5.65. The molecule has 0 spiro atoms. The number of sulfonamides is 1. The number of benzene rings is 1. The van der Waals surface area contributed by atoms with Crippen LogP contribution in [0.4, 0.5) is 5.69 Å². The first-order valence-electron chi connectivity index (χ1n) is 7.26. The molecule has 21 heavy (non-hydrogen) atoms. The molecule has 7 heteroatoms. The van der Waals surface area contributed by atoms with Gasteiger partial charge in [0.05, 0.1) is 17.5 Å². The smallest absolute Gasteiger partial charge is 0.214 e. The number of nitrogens with one attached hydrogen (secondary N) is 1. The van der Waals surface area contributed by atoms with Crippen LogP contribution in [-0.4, -0.2) is 54.9 Å². The van der Waals surface area contributed by atoms with Crippen molar-refractivity contribution in [1.82, 2.24) is 14.5 Å². The Morgan fingerprint density at radius 2 is 2.00 bits per heavy atom. The van der Waals surface area contributed by atoms with E-state index in [9.17, 15) is 8.42 Å². The number of rotatable bonds is 4. The Labute approximate surface area is 124 Å². The Balaban J connectivity index is 1.76. The highest BCUT2D eigenvalue weighted by atomic mass is 32.2. The zero-order chi connectivity index (χ0) is 14.9. The van der Waals surface area contributed by atoms with Crippen LogP contribution in [0.3, 0.4) is 0 Å². The van der Waals surface area contributed by atoms with Crippen LogP contribution in [0.25, 0.3) is 10.9 Å². The summed E-state index contributed by atoms with van der Waals surface area (Å²) in [5.41, 5.74) is 2.13. The van der Waals surface area contributed by atoms with E-state index >= 15 is 0 Å². The third-order valence-electron chi connectivity index (χ3n) is 3.90. The van der Waals surface area contributed by atoms with E-state index in [0.717, 1.165) is 16.6 Å². The van der Waals surface area contributed by atoms with Crippen LogP contribution in [0.1, 0.15) is 13.3 Å². The van der Waals surface area contributed by atoms with Gasteiger partial charge in [-0.05, 0) is 18.6 Å². The summed E-state index contributed by atoms with van der Waals surface area (Å²) in [6.45, 7) is 4.43. The number of aromatic nitrogens is 2. The summed E-state index contributed by atoms with van der Waals surface area (Å²) in [5.74, 6) is 0.240. The number of anilines is 1. The Kier molecular flexibility index (Phi) is 3.86. The van der Waals surface area contributed by atoms with Crippen molar-refractivity contribution < 1.29 is 8.42 Å². The second-order valence-corrected chi connectivity index (χ2v) is 7.40. The van der Waals surface area contributed by atoms with Crippen LogP contribution in [0, 0.1) is 0 Å². The first-order valence-corrected chi connectivity index (χ1v) is 8.87. The van der Waals surface area contributed by atoms with Gasteiger partial charge in [0.1, 0.15) is 0 Å². The standard InChI is InChI=1S/C14H20N4O2S/c1-2-10-21(19,20)18-8-6-17(7-9-18)14-5-3-4-13-12(14)11-15-16-13/h3-5,11H,2,6-10H2,1H3,(H,15,16). The monoisotopic (exact) mass is 308 g/mol. The van der Waals surface area contributed by atoms with Crippen molar-refractivity contribution in [3.8, 4) is 0 Å². The highest BCUT2D eigenvalue weighted by Gasteiger charge is 2.26. The van der Waals surface area contributed by atoms with Crippen LogP contribution in [-0.2, 0) is 10.0 Å². The number of nitrogens with zero attached hydrogens (tertiary/aromatic N) is 3. The summed E-state index contributed by atoms with van der Waals surface area (Å²) < 4.78 is 25.8. The number of hydrogen-bond acceptors (Lipinski definition) is 4. The number of H-pyrrole nitrogens is 1. The van der Waals surface area contributed by atoms with Crippen molar-refractivity contribution in [2.75, 3.05) is 36.8 Å². The molecule has 0 bridgehead atoms. The highest BCUT2D eigenvalue weighted by Crippen LogP contribution is 2.26. The highest BCUT2D eigenvalue weighted by molar-refractivity contribution is 7.89. The van der Waals surface area contributed by atoms with E-state index in [1.165, 1.54) is 0 Å². The topological polar surface area (TPSA) is 69.3 Å². The molecule has 3 rings (SSSR count). The summed E-state index contributed by atoms with van der Waals surface area (Å²) in [7, 11) is -3.08. The molecular formula is C14H20N4O2S. The largest absolute Gasteiger partial charge is 0.368 e. The van der Waals surface area contributed by atoms with Crippen molar-refractivity contribution in [2.24, 2.45) is 0 Å². The van der Waals surface area contributed by atoms with E-state index in [1.807, 2.05) is 25.3 Å². The van der Waals surface area contributed by atoms with Gasteiger partial charge in [-0.3, -0.25) is 5.10 Å². The maximum absolute atomic E-state index is 12.1. The van der Waals surface area contributed by atoms with Crippen LogP contribution in [0.15, 0.2) is 24.4 Å². The first-order chi connectivity index (χ1) is 10.1. The van der Waals surface area contributed by atoms with Gasteiger partial charge < -0.3 is 4.90 Å². The van der Waals surface area contributed by atoms with Crippen molar-refractivity contribution in [3.05, 3.63) is 24.4 Å². The third-order valence-corrected chi connectivity index (χ3v) is 5.97. The molecule has 0 unspecified atom stereocenters. The molecule has 1 aromatic heterocycles. The average molecular weight is 308 g/mol. The van der Waals surface area contributed by atoms with E-state index in [0.29, 0.717) is 32.6 Å². The molecule has 1 aliphatic rings. The van der Waals surface area contributed by atoms with Crippen LogP contribution in [0.5, 0.6) is 0 Å². The minimum atomic E-state index is -3.08. The molecule has 0 saturated carbocycles. The molecule has 1 fully saturated rings. The third kappa shape index (κ3) is 2.75. The van der Waals surface area contributed by atoms with E-state index < -0.39 is 10.0 Å². The molecule has 2 heterocycles. The molecule has 0 aliphatic carbocycles. The van der Waals surface area contributed by atoms with Gasteiger partial charge in [-0.1, -0.05) is 13.0 Å². The minimum Gasteiger partial charge on any atom is -0.368 e. The van der Waals surface area contributed by atoms with Crippen molar-refractivity contribution in [3.63, 3.8) is 0 Å². The van der Waals surface area contributed by atoms with Gasteiger partial charge in [-0.2, -0.15) is 9.40 Å². The molecule has 2 aromatic rings. The van der Waals surface area contributed by atoms with Gasteiger partial charge in [0, 0.05) is 37.3 Å². The van der Waals surface area contributed by atoms with E-state index in [2.05, 4.69) is 21.2 Å². The number of aromatic amines is 1. The van der Waals surface area contributed by atoms with Crippen LogP contribution in [0.2, 0.25) is 0 Å². The number of hydrogen-bond donors (Lipinski definition) is 1. The number of fused-ring (bicyclic) bond motifs is 1. The normalized spacial score (nSPS) is 17.5. The lowest BCUT2D eigenvalue weighted by molar-refractivity contribution is 0.385. The maximum atomic E-state index is 12.1. The fourth-order valence-corrected chi connectivity index (χ4v) is 4.32. The maximum Gasteiger partial charge on any atom is 0.214 e. The van der Waals surface area contributed by atoms with Crippen molar-refractivity contribution in [2.45, 2.75) is 13.3 Å². The molecule has 0 amide bonds. The summed E-state index contributed by atoms with van der Waals surface area (Å²) in [5, 5.41) is 8.13. The predicted octanol–water partition coefficient (Wildman–Crippen LogP) is 1.42. The molecule has 114 valence electrons. The predicted molar refractivity (Wildman–Crippen MR) is 84.0 cm³/mol. The zero-order valence-corrected chi connectivity index (χ0v) is 12.9. The quantitative estimate of drug-likeness (QED) is 0.927. The molecule has 1 aromatic carbocycles. The zero-order valence-electron chi connectivity index (χ0n) is 12.1. The van der Waals surface area contributed by atoms with Crippen LogP contribution < -0.4 is 4.90 Å². The van der Waals surface area contributed by atoms with Crippen molar-refractivity contribution >= 4 is 26.6 Å². The molecule has 0 radical (unpaired) electrons. The lowest BCUT2D eigenvalue weighted by Gasteiger charge is -2.35. The van der Waals surface area contributed by atoms with Gasteiger partial charge >= 0.3 is 0 Å². The first kappa shape index (κ1) is 14.3. The van der Waals surface area contributed by atoms with E-state index in [1.54, 1.807) is 4.31 Å². The SMILES string of the molecule is CCCS(=O)(=O)N1CCN(c2cccc3[nH]ncc23)CC1. The summed E-state index contributed by atoms with van der Waals surface area (Å²) in [6, 6.07) is 6.05. The molecule has 1 aliphatic heterocycles. The molecule has 6 nitrogen and oxygen atoms in total. The van der Waals surface area contributed by atoms with Gasteiger partial charge in [0.25, 0.3) is 0 Å². The Hall–Kier alpha value is -1.60. The van der Waals surface area contributed by atoms with E-state index in [-0.39, 0.29) is 5.75 Å². The lowest BCUT2D eigenvalue weighted by atomic mass is 10.2. The van der Waals surface area contributed by atoms with Gasteiger partial charge in [-0.25, -0.2) is 8.42 Å². The summed E-state index contributed by atoms with van der Waals surface area (Å²) in [4.78, 5) is 2.23. The fraction of sp³-hybridized carbons (Fsp3) is 0.500. The second-order valence-electron chi connectivity index (χ2n) is 5.31. The average Bonchev–Trinajstić information content (AvgIpc) is 2.95. The van der Waals surface area contributed by atoms with Crippen LogP contribution >= 0.6 is 0 Å². The Morgan fingerprint density at radius 3 is 2.71 bits per heavy atom. The summed E-state index contributed by atoms with van der Waals surface area (Å²) in [6.07, 6.45) is 2.49. The summed E-state index contributed by atoms with van der Waals surface area (Å²) >= 11 is 0. The molecule has 1 N–H and O–H groups in total. The van der Waals surface area contributed by atoms with Gasteiger partial charge in [-0.15, -0.1) is 0 Å².